The van der Waals surface area contributed by atoms with E-state index in [1.165, 1.54) is 42.4 Å². The molecule has 0 radical (unpaired) electrons. The van der Waals surface area contributed by atoms with Crippen molar-refractivity contribution in [2.45, 2.75) is 65.3 Å². The van der Waals surface area contributed by atoms with E-state index in [0.29, 0.717) is 40.4 Å². The summed E-state index contributed by atoms with van der Waals surface area (Å²) in [6.07, 6.45) is 8.38. The first kappa shape index (κ1) is 24.5. The number of hydrogen-bond donors (Lipinski definition) is 1. The number of nitrogens with zero attached hydrogens (tertiary/aromatic N) is 4. The Morgan fingerprint density at radius 1 is 1.05 bits per heavy atom. The molecule has 1 saturated heterocycles. The van der Waals surface area contributed by atoms with Crippen LogP contribution in [-0.4, -0.2) is 43.5 Å². The summed E-state index contributed by atoms with van der Waals surface area (Å²) in [5.41, 5.74) is 2.27. The molecule has 2 heterocycles. The van der Waals surface area contributed by atoms with Crippen molar-refractivity contribution in [2.24, 2.45) is 23.2 Å². The summed E-state index contributed by atoms with van der Waals surface area (Å²) in [5.74, 6) is 0.719. The number of rotatable bonds is 5. The van der Waals surface area contributed by atoms with Gasteiger partial charge in [0.05, 0.1) is 16.3 Å². The number of nitro benzene ring substituents is 1. The smallest absolute Gasteiger partial charge is 0.273 e. The number of aromatic nitrogens is 2. The van der Waals surface area contributed by atoms with Crippen molar-refractivity contribution in [1.82, 2.24) is 20.0 Å². The van der Waals surface area contributed by atoms with Gasteiger partial charge in [-0.3, -0.25) is 29.9 Å². The van der Waals surface area contributed by atoms with Gasteiger partial charge in [-0.2, -0.15) is 5.10 Å². The number of carbonyl (C=O) groups excluding carboxylic acids is 3. The molecule has 10 nitrogen and oxygen atoms in total. The number of nitrogens with one attached hydrogen (secondary N) is 1. The van der Waals surface area contributed by atoms with Gasteiger partial charge in [0.15, 0.2) is 0 Å². The van der Waals surface area contributed by atoms with Gasteiger partial charge in [-0.05, 0) is 101 Å². The van der Waals surface area contributed by atoms with Crippen molar-refractivity contribution in [3.05, 3.63) is 56.9 Å². The molecule has 7 rings (SSSR count). The number of barbiturate groups is 1. The number of aryl methyl sites for hydroxylation is 1. The Balaban J connectivity index is 1.32. The SMILES string of the molecule is Cc1nn(-c2ccc([N+](=O)[O-])cc2)c(C)c1/C=C1\C(=O)NC(=O)N([C@@H](C)C23CC4CC(CC(C4)C2)C3)C1=O. The van der Waals surface area contributed by atoms with Gasteiger partial charge in [0.25, 0.3) is 17.5 Å². The first-order valence-electron chi connectivity index (χ1n) is 13.3. The third-order valence-corrected chi connectivity index (χ3v) is 9.43. The minimum absolute atomic E-state index is 0.0278. The maximum Gasteiger partial charge on any atom is 0.331 e. The summed E-state index contributed by atoms with van der Waals surface area (Å²) in [6, 6.07) is 5.05. The van der Waals surface area contributed by atoms with Gasteiger partial charge in [-0.25, -0.2) is 9.48 Å². The highest BCUT2D eigenvalue weighted by atomic mass is 16.6. The predicted molar refractivity (Wildman–Crippen MR) is 138 cm³/mol. The molecule has 1 aromatic carbocycles. The normalized spacial score (nSPS) is 30.2. The van der Waals surface area contributed by atoms with Gasteiger partial charge in [0.1, 0.15) is 5.57 Å². The maximum atomic E-state index is 13.8. The lowest BCUT2D eigenvalue weighted by Crippen LogP contribution is -2.63. The molecule has 1 aromatic heterocycles. The van der Waals surface area contributed by atoms with Gasteiger partial charge in [0.2, 0.25) is 0 Å². The summed E-state index contributed by atoms with van der Waals surface area (Å²) in [6.45, 7) is 5.55. The Morgan fingerprint density at radius 3 is 2.18 bits per heavy atom. The number of amides is 4. The van der Waals surface area contributed by atoms with E-state index in [2.05, 4.69) is 10.4 Å². The molecule has 4 amide bonds. The van der Waals surface area contributed by atoms with Gasteiger partial charge in [0, 0.05) is 29.4 Å². The van der Waals surface area contributed by atoms with E-state index >= 15 is 0 Å². The number of imide groups is 2. The lowest BCUT2D eigenvalue weighted by atomic mass is 9.47. The second-order valence-corrected chi connectivity index (χ2v) is 11.7. The average molecular weight is 518 g/mol. The first-order valence-corrected chi connectivity index (χ1v) is 13.3. The molecule has 5 fully saturated rings. The summed E-state index contributed by atoms with van der Waals surface area (Å²) in [7, 11) is 0. The van der Waals surface area contributed by atoms with Crippen LogP contribution in [0.4, 0.5) is 10.5 Å². The van der Waals surface area contributed by atoms with Gasteiger partial charge >= 0.3 is 6.03 Å². The van der Waals surface area contributed by atoms with Gasteiger partial charge in [-0.15, -0.1) is 0 Å². The topological polar surface area (TPSA) is 127 Å². The molecule has 1 N–H and O–H groups in total. The molecule has 1 aliphatic heterocycles. The average Bonchev–Trinajstić information content (AvgIpc) is 3.13. The molecule has 5 aliphatic rings. The van der Waals surface area contributed by atoms with Crippen LogP contribution in [-0.2, 0) is 9.59 Å². The van der Waals surface area contributed by atoms with Crippen molar-refractivity contribution in [3.63, 3.8) is 0 Å². The van der Waals surface area contributed by atoms with E-state index < -0.39 is 22.8 Å². The van der Waals surface area contributed by atoms with Crippen LogP contribution in [0.15, 0.2) is 29.8 Å². The fourth-order valence-electron chi connectivity index (χ4n) is 7.96. The van der Waals surface area contributed by atoms with Crippen LogP contribution >= 0.6 is 0 Å². The monoisotopic (exact) mass is 517 g/mol. The minimum atomic E-state index is -0.712. The largest absolute Gasteiger partial charge is 0.331 e. The second-order valence-electron chi connectivity index (χ2n) is 11.7. The summed E-state index contributed by atoms with van der Waals surface area (Å²) >= 11 is 0. The Hall–Kier alpha value is -3.82. The van der Waals surface area contributed by atoms with E-state index in [4.69, 9.17) is 0 Å². The summed E-state index contributed by atoms with van der Waals surface area (Å²) < 4.78 is 1.62. The van der Waals surface area contributed by atoms with E-state index in [1.807, 2.05) is 6.92 Å². The highest BCUT2D eigenvalue weighted by molar-refractivity contribution is 6.31. The quantitative estimate of drug-likeness (QED) is 0.270. The molecular weight excluding hydrogens is 486 g/mol. The van der Waals surface area contributed by atoms with Crippen LogP contribution in [0.25, 0.3) is 11.8 Å². The molecular formula is C28H31N5O5. The Kier molecular flexibility index (Phi) is 5.55. The van der Waals surface area contributed by atoms with Crippen molar-refractivity contribution < 1.29 is 19.3 Å². The molecule has 1 atom stereocenters. The van der Waals surface area contributed by atoms with Crippen LogP contribution < -0.4 is 5.32 Å². The second kappa shape index (κ2) is 8.61. The Labute approximate surface area is 220 Å². The van der Waals surface area contributed by atoms with Crippen LogP contribution in [0.1, 0.15) is 62.4 Å². The highest BCUT2D eigenvalue weighted by Gasteiger charge is 2.56. The van der Waals surface area contributed by atoms with Crippen molar-refractivity contribution >= 4 is 29.6 Å². The molecule has 4 aliphatic carbocycles. The van der Waals surface area contributed by atoms with Crippen LogP contribution in [0.5, 0.6) is 0 Å². The molecule has 4 bridgehead atoms. The summed E-state index contributed by atoms with van der Waals surface area (Å²) in [5, 5.41) is 18.0. The minimum Gasteiger partial charge on any atom is -0.273 e. The zero-order valence-corrected chi connectivity index (χ0v) is 21.8. The highest BCUT2D eigenvalue weighted by Crippen LogP contribution is 2.62. The molecule has 198 valence electrons. The fraction of sp³-hybridized carbons (Fsp3) is 0.500. The lowest BCUT2D eigenvalue weighted by molar-refractivity contribution is -0.384. The molecule has 10 heteroatoms. The molecule has 2 aromatic rings. The zero-order chi connectivity index (χ0) is 26.9. The van der Waals surface area contributed by atoms with Crippen molar-refractivity contribution in [2.75, 3.05) is 0 Å². The van der Waals surface area contributed by atoms with Gasteiger partial charge < -0.3 is 0 Å². The van der Waals surface area contributed by atoms with E-state index in [9.17, 15) is 24.5 Å². The van der Waals surface area contributed by atoms with Crippen LogP contribution in [0.3, 0.4) is 0 Å². The van der Waals surface area contributed by atoms with E-state index in [-0.39, 0.29) is 22.7 Å². The number of non-ortho nitro benzene ring substituents is 1. The lowest BCUT2D eigenvalue weighted by Gasteiger charge is -2.60. The maximum absolute atomic E-state index is 13.8. The predicted octanol–water partition coefficient (Wildman–Crippen LogP) is 4.46. The number of nitro groups is 1. The molecule has 0 unspecified atom stereocenters. The fourth-order valence-corrected chi connectivity index (χ4v) is 7.96. The molecule has 0 spiro atoms. The Bertz CT molecular complexity index is 1370. The number of benzene rings is 1. The van der Waals surface area contributed by atoms with Crippen LogP contribution in [0, 0.1) is 47.1 Å². The number of urea groups is 1. The van der Waals surface area contributed by atoms with E-state index in [1.54, 1.807) is 30.7 Å². The number of hydrogen-bond acceptors (Lipinski definition) is 6. The molecule has 38 heavy (non-hydrogen) atoms. The third-order valence-electron chi connectivity index (χ3n) is 9.43. The first-order chi connectivity index (χ1) is 18.1. The molecule has 4 saturated carbocycles. The number of carbonyl (C=O) groups is 3. The zero-order valence-electron chi connectivity index (χ0n) is 21.8. The van der Waals surface area contributed by atoms with Crippen molar-refractivity contribution in [3.8, 4) is 5.69 Å². The standard InChI is InChI=1S/C28H31N5O5/c1-15-23(16(2)32(30-15)21-4-6-22(7-5-21)33(37)38)11-24-25(34)29-27(36)31(26(24)35)17(3)28-12-18-8-19(13-28)10-20(9-18)14-28/h4-7,11,17-20H,8-10,12-14H2,1-3H3,(H,29,34,36)/b24-11+/t17-,18?,19?,20?,28?/m0/s1. The third kappa shape index (κ3) is 3.76. The van der Waals surface area contributed by atoms with Gasteiger partial charge in [-0.1, -0.05) is 0 Å². The summed E-state index contributed by atoms with van der Waals surface area (Å²) in [4.78, 5) is 51.5. The Morgan fingerprint density at radius 2 is 1.63 bits per heavy atom. The van der Waals surface area contributed by atoms with Crippen LogP contribution in [0.2, 0.25) is 0 Å². The van der Waals surface area contributed by atoms with Crippen molar-refractivity contribution in [1.29, 1.82) is 0 Å². The van der Waals surface area contributed by atoms with E-state index in [0.717, 1.165) is 19.3 Å².